The molecule has 0 fully saturated rings. The van der Waals surface area contributed by atoms with E-state index < -0.39 is 0 Å². The number of nitrogens with zero attached hydrogens (tertiary/aromatic N) is 2. The molecule has 4 nitrogen and oxygen atoms in total. The molecule has 0 spiro atoms. The van der Waals surface area contributed by atoms with Crippen LogP contribution in [0.25, 0.3) is 11.8 Å². The summed E-state index contributed by atoms with van der Waals surface area (Å²) in [5, 5.41) is 6.91. The molecule has 1 heterocycles. The molecule has 3 aromatic rings. The third-order valence-corrected chi connectivity index (χ3v) is 3.16. The first-order valence-corrected chi connectivity index (χ1v) is 7.05. The van der Waals surface area contributed by atoms with Crippen molar-refractivity contribution in [1.29, 1.82) is 0 Å². The van der Waals surface area contributed by atoms with Crippen LogP contribution >= 0.6 is 0 Å². The Balaban J connectivity index is 1.65. The van der Waals surface area contributed by atoms with Crippen LogP contribution in [0.1, 0.15) is 5.56 Å². The molecule has 0 atom stereocenters. The molecule has 0 aliphatic heterocycles. The number of anilines is 1. The molecule has 0 unspecified atom stereocenters. The van der Waals surface area contributed by atoms with Crippen molar-refractivity contribution in [2.24, 2.45) is 0 Å². The maximum atomic E-state index is 12.8. The van der Waals surface area contributed by atoms with Gasteiger partial charge in [-0.3, -0.25) is 4.79 Å². The molecule has 3 rings (SSSR count). The highest BCUT2D eigenvalue weighted by molar-refractivity contribution is 6.01. The van der Waals surface area contributed by atoms with Gasteiger partial charge in [-0.1, -0.05) is 18.2 Å². The van der Waals surface area contributed by atoms with Gasteiger partial charge in [0.15, 0.2) is 0 Å². The highest BCUT2D eigenvalue weighted by Crippen LogP contribution is 2.10. The molecule has 114 valence electrons. The van der Waals surface area contributed by atoms with Crippen molar-refractivity contribution in [3.8, 4) is 5.69 Å². The SMILES string of the molecule is O=C(/C=C/c1cnn(-c2ccccc2)c1)Nc1ccc(F)cc1. The van der Waals surface area contributed by atoms with Gasteiger partial charge in [0.05, 0.1) is 11.9 Å². The van der Waals surface area contributed by atoms with Crippen LogP contribution in [-0.2, 0) is 4.79 Å². The molecule has 23 heavy (non-hydrogen) atoms. The van der Waals surface area contributed by atoms with Gasteiger partial charge in [0.2, 0.25) is 5.91 Å². The van der Waals surface area contributed by atoms with Gasteiger partial charge in [-0.15, -0.1) is 0 Å². The maximum absolute atomic E-state index is 12.8. The van der Waals surface area contributed by atoms with E-state index in [1.807, 2.05) is 36.5 Å². The van der Waals surface area contributed by atoms with Gasteiger partial charge in [-0.05, 0) is 42.5 Å². The lowest BCUT2D eigenvalue weighted by Crippen LogP contribution is -2.07. The summed E-state index contributed by atoms with van der Waals surface area (Å²) in [5.74, 6) is -0.629. The minimum atomic E-state index is -0.341. The zero-order valence-electron chi connectivity index (χ0n) is 12.2. The van der Waals surface area contributed by atoms with E-state index in [1.54, 1.807) is 17.0 Å². The van der Waals surface area contributed by atoms with Crippen molar-refractivity contribution < 1.29 is 9.18 Å². The average molecular weight is 307 g/mol. The number of benzene rings is 2. The summed E-state index contributed by atoms with van der Waals surface area (Å²) in [5.41, 5.74) is 2.30. The second-order valence-electron chi connectivity index (χ2n) is 4.88. The lowest BCUT2D eigenvalue weighted by Gasteiger charge is -2.00. The van der Waals surface area contributed by atoms with Gasteiger partial charge in [-0.25, -0.2) is 9.07 Å². The number of nitrogens with one attached hydrogen (secondary N) is 1. The van der Waals surface area contributed by atoms with Crippen LogP contribution in [0.4, 0.5) is 10.1 Å². The number of amides is 1. The minimum Gasteiger partial charge on any atom is -0.323 e. The first kappa shape index (κ1) is 14.7. The Kier molecular flexibility index (Phi) is 4.29. The van der Waals surface area contributed by atoms with Crippen LogP contribution < -0.4 is 5.32 Å². The van der Waals surface area contributed by atoms with E-state index in [1.165, 1.54) is 30.3 Å². The largest absolute Gasteiger partial charge is 0.323 e. The molecule has 1 aromatic heterocycles. The lowest BCUT2D eigenvalue weighted by molar-refractivity contribution is -0.111. The fourth-order valence-electron chi connectivity index (χ4n) is 2.03. The van der Waals surface area contributed by atoms with Crippen molar-refractivity contribution in [2.75, 3.05) is 5.32 Å². The third-order valence-electron chi connectivity index (χ3n) is 3.16. The average Bonchev–Trinajstić information content (AvgIpc) is 3.05. The summed E-state index contributed by atoms with van der Waals surface area (Å²) >= 11 is 0. The molecule has 0 bridgehead atoms. The van der Waals surface area contributed by atoms with Gasteiger partial charge >= 0.3 is 0 Å². The number of rotatable bonds is 4. The van der Waals surface area contributed by atoms with Crippen molar-refractivity contribution in [3.63, 3.8) is 0 Å². The number of para-hydroxylation sites is 1. The second kappa shape index (κ2) is 6.70. The topological polar surface area (TPSA) is 46.9 Å². The Hall–Kier alpha value is -3.21. The summed E-state index contributed by atoms with van der Waals surface area (Å²) in [7, 11) is 0. The second-order valence-corrected chi connectivity index (χ2v) is 4.88. The molecule has 0 aliphatic carbocycles. The van der Waals surface area contributed by atoms with Crippen molar-refractivity contribution >= 4 is 17.7 Å². The summed E-state index contributed by atoms with van der Waals surface area (Å²) in [4.78, 5) is 11.8. The van der Waals surface area contributed by atoms with Gasteiger partial charge in [-0.2, -0.15) is 5.10 Å². The number of hydrogen-bond acceptors (Lipinski definition) is 2. The fourth-order valence-corrected chi connectivity index (χ4v) is 2.03. The van der Waals surface area contributed by atoms with Crippen LogP contribution in [0.5, 0.6) is 0 Å². The number of aromatic nitrogens is 2. The van der Waals surface area contributed by atoms with Gasteiger partial charge in [0.25, 0.3) is 0 Å². The zero-order chi connectivity index (χ0) is 16.1. The molecule has 5 heteroatoms. The molecule has 1 amide bonds. The summed E-state index contributed by atoms with van der Waals surface area (Å²) in [6.45, 7) is 0. The van der Waals surface area contributed by atoms with E-state index >= 15 is 0 Å². The highest BCUT2D eigenvalue weighted by atomic mass is 19.1. The monoisotopic (exact) mass is 307 g/mol. The van der Waals surface area contributed by atoms with Crippen LogP contribution in [0.15, 0.2) is 73.1 Å². The zero-order valence-corrected chi connectivity index (χ0v) is 12.2. The van der Waals surface area contributed by atoms with E-state index in [4.69, 9.17) is 0 Å². The number of carbonyl (C=O) groups excluding carboxylic acids is 1. The van der Waals surface area contributed by atoms with E-state index in [9.17, 15) is 9.18 Å². The van der Waals surface area contributed by atoms with Crippen LogP contribution in [-0.4, -0.2) is 15.7 Å². The van der Waals surface area contributed by atoms with Crippen LogP contribution in [0.3, 0.4) is 0 Å². The lowest BCUT2D eigenvalue weighted by atomic mass is 10.3. The first-order valence-electron chi connectivity index (χ1n) is 7.05. The summed E-state index contributed by atoms with van der Waals surface area (Å²) < 4.78 is 14.5. The molecule has 0 radical (unpaired) electrons. The number of carbonyl (C=O) groups is 1. The molecule has 0 aliphatic rings. The number of hydrogen-bond donors (Lipinski definition) is 1. The molecule has 0 saturated heterocycles. The third kappa shape index (κ3) is 3.91. The van der Waals surface area contributed by atoms with E-state index in [0.717, 1.165) is 11.3 Å². The Morgan fingerprint density at radius 3 is 2.57 bits per heavy atom. The van der Waals surface area contributed by atoms with Crippen LogP contribution in [0, 0.1) is 5.82 Å². The summed E-state index contributed by atoms with van der Waals surface area (Å²) in [6, 6.07) is 15.3. The van der Waals surface area contributed by atoms with E-state index in [2.05, 4.69) is 10.4 Å². The van der Waals surface area contributed by atoms with E-state index in [0.29, 0.717) is 5.69 Å². The van der Waals surface area contributed by atoms with Crippen molar-refractivity contribution in [2.45, 2.75) is 0 Å². The molecular weight excluding hydrogens is 293 g/mol. The van der Waals surface area contributed by atoms with Crippen molar-refractivity contribution in [3.05, 3.63) is 84.4 Å². The minimum absolute atomic E-state index is 0.288. The summed E-state index contributed by atoms with van der Waals surface area (Å²) in [6.07, 6.45) is 6.59. The molecule has 0 saturated carbocycles. The van der Waals surface area contributed by atoms with Gasteiger partial charge in [0.1, 0.15) is 5.82 Å². The molecule has 2 aromatic carbocycles. The molecule has 1 N–H and O–H groups in total. The quantitative estimate of drug-likeness (QED) is 0.748. The van der Waals surface area contributed by atoms with E-state index in [-0.39, 0.29) is 11.7 Å². The Morgan fingerprint density at radius 2 is 1.83 bits per heavy atom. The fraction of sp³-hybridized carbons (Fsp3) is 0. The first-order chi connectivity index (χ1) is 11.2. The molecular formula is C18H14FN3O. The highest BCUT2D eigenvalue weighted by Gasteiger charge is 2.00. The normalized spacial score (nSPS) is 10.8. The predicted octanol–water partition coefficient (Wildman–Crippen LogP) is 3.66. The Morgan fingerprint density at radius 1 is 1.09 bits per heavy atom. The van der Waals surface area contributed by atoms with Gasteiger partial charge in [0, 0.05) is 23.5 Å². The predicted molar refractivity (Wildman–Crippen MR) is 87.6 cm³/mol. The standard InChI is InChI=1S/C18H14FN3O/c19-15-7-9-16(10-8-15)21-18(23)11-6-14-12-20-22(13-14)17-4-2-1-3-5-17/h1-13H,(H,21,23)/b11-6+. The number of halogens is 1. The smallest absolute Gasteiger partial charge is 0.248 e. The Bertz CT molecular complexity index is 823. The van der Waals surface area contributed by atoms with Crippen molar-refractivity contribution in [1.82, 2.24) is 9.78 Å². The maximum Gasteiger partial charge on any atom is 0.248 e. The Labute approximate surface area is 132 Å². The van der Waals surface area contributed by atoms with Gasteiger partial charge < -0.3 is 5.32 Å². The van der Waals surface area contributed by atoms with Crippen LogP contribution in [0.2, 0.25) is 0 Å².